The van der Waals surface area contributed by atoms with E-state index in [2.05, 4.69) is 20.2 Å². The molecule has 1 aromatic carbocycles. The van der Waals surface area contributed by atoms with Crippen LogP contribution in [0.15, 0.2) is 30.3 Å². The Balaban J connectivity index is 1.73. The van der Waals surface area contributed by atoms with Gasteiger partial charge in [0.15, 0.2) is 0 Å². The summed E-state index contributed by atoms with van der Waals surface area (Å²) >= 11 is 0.955. The normalized spacial score (nSPS) is 11.6. The molecule has 0 unspecified atom stereocenters. The number of sulfonamides is 1. The zero-order valence-corrected chi connectivity index (χ0v) is 14.6. The summed E-state index contributed by atoms with van der Waals surface area (Å²) in [6.45, 7) is 2.07. The van der Waals surface area contributed by atoms with Crippen molar-refractivity contribution in [1.29, 1.82) is 0 Å². The van der Waals surface area contributed by atoms with Gasteiger partial charge in [0.25, 0.3) is 0 Å². The Labute approximate surface area is 142 Å². The second kappa shape index (κ2) is 6.21. The third-order valence-corrected chi connectivity index (χ3v) is 4.71. The Bertz CT molecular complexity index is 1010. The molecule has 0 bridgehead atoms. The van der Waals surface area contributed by atoms with E-state index in [4.69, 9.17) is 0 Å². The van der Waals surface area contributed by atoms with Crippen LogP contribution in [-0.4, -0.2) is 35.3 Å². The molecule has 3 aromatic rings. The number of amides is 1. The fourth-order valence-electron chi connectivity index (χ4n) is 2.33. The van der Waals surface area contributed by atoms with Crippen LogP contribution in [0, 0.1) is 6.92 Å². The van der Waals surface area contributed by atoms with Gasteiger partial charge in [-0.15, -0.1) is 10.2 Å². The highest BCUT2D eigenvalue weighted by atomic mass is 32.2. The number of benzene rings is 1. The van der Waals surface area contributed by atoms with Crippen molar-refractivity contribution in [1.82, 2.24) is 14.8 Å². The Kier molecular flexibility index (Phi) is 4.24. The van der Waals surface area contributed by atoms with Crippen LogP contribution in [0.4, 0.5) is 10.3 Å². The molecule has 1 amide bonds. The van der Waals surface area contributed by atoms with Crippen LogP contribution in [0.5, 0.6) is 0 Å². The van der Waals surface area contributed by atoms with E-state index in [0.29, 0.717) is 0 Å². The number of anilines is 2. The first-order chi connectivity index (χ1) is 11.3. The molecule has 0 saturated heterocycles. The van der Waals surface area contributed by atoms with Crippen molar-refractivity contribution < 1.29 is 13.2 Å². The van der Waals surface area contributed by atoms with Gasteiger partial charge in [0, 0.05) is 11.2 Å². The third-order valence-electron chi connectivity index (χ3n) is 3.26. The molecule has 0 saturated carbocycles. The van der Waals surface area contributed by atoms with E-state index in [-0.39, 0.29) is 22.7 Å². The van der Waals surface area contributed by atoms with Gasteiger partial charge in [0.05, 0.1) is 6.26 Å². The molecular weight excluding hydrogens is 350 g/mol. The monoisotopic (exact) mass is 365 g/mol. The zero-order valence-electron chi connectivity index (χ0n) is 13.0. The van der Waals surface area contributed by atoms with Crippen molar-refractivity contribution in [3.8, 4) is 0 Å². The van der Waals surface area contributed by atoms with Crippen LogP contribution in [0.1, 0.15) is 5.69 Å². The van der Waals surface area contributed by atoms with E-state index >= 15 is 0 Å². The van der Waals surface area contributed by atoms with Gasteiger partial charge in [-0.2, -0.15) is 0 Å². The van der Waals surface area contributed by atoms with Crippen LogP contribution in [0.2, 0.25) is 0 Å². The number of aryl methyl sites for hydroxylation is 1. The molecule has 2 heterocycles. The molecule has 126 valence electrons. The van der Waals surface area contributed by atoms with Gasteiger partial charge in [0.1, 0.15) is 6.54 Å². The van der Waals surface area contributed by atoms with Crippen molar-refractivity contribution in [2.45, 2.75) is 13.5 Å². The predicted octanol–water partition coefficient (Wildman–Crippen LogP) is 1.81. The Morgan fingerprint density at radius 1 is 1.25 bits per heavy atom. The van der Waals surface area contributed by atoms with Crippen molar-refractivity contribution in [2.75, 3.05) is 16.3 Å². The number of carbonyl (C=O) groups excluding carboxylic acids is 1. The first-order valence-electron chi connectivity index (χ1n) is 6.98. The summed E-state index contributed by atoms with van der Waals surface area (Å²) in [6, 6.07) is 9.83. The van der Waals surface area contributed by atoms with Crippen LogP contribution < -0.4 is 10.0 Å². The minimum absolute atomic E-state index is 0.107. The highest BCUT2D eigenvalue weighted by molar-refractivity contribution is 7.92. The molecule has 0 aliphatic rings. The lowest BCUT2D eigenvalue weighted by Gasteiger charge is -2.07. The van der Waals surface area contributed by atoms with Crippen molar-refractivity contribution in [3.63, 3.8) is 0 Å². The van der Waals surface area contributed by atoms with Gasteiger partial charge in [-0.1, -0.05) is 29.5 Å². The predicted molar refractivity (Wildman–Crippen MR) is 93.7 cm³/mol. The van der Waals surface area contributed by atoms with E-state index < -0.39 is 10.0 Å². The highest BCUT2D eigenvalue weighted by Gasteiger charge is 2.13. The quantitative estimate of drug-likeness (QED) is 0.717. The summed E-state index contributed by atoms with van der Waals surface area (Å²) in [7, 11) is -3.42. The number of rotatable bonds is 5. The molecule has 2 aromatic heterocycles. The van der Waals surface area contributed by atoms with E-state index in [1.807, 2.05) is 41.8 Å². The van der Waals surface area contributed by atoms with Crippen molar-refractivity contribution in [3.05, 3.63) is 36.0 Å². The summed E-state index contributed by atoms with van der Waals surface area (Å²) < 4.78 is 26.4. The Morgan fingerprint density at radius 2 is 1.96 bits per heavy atom. The van der Waals surface area contributed by atoms with Gasteiger partial charge in [-0.05, 0) is 24.4 Å². The second-order valence-corrected chi connectivity index (χ2v) is 7.99. The fourth-order valence-corrected chi connectivity index (χ4v) is 3.82. The van der Waals surface area contributed by atoms with E-state index in [9.17, 15) is 13.2 Å². The molecule has 0 radical (unpaired) electrons. The molecule has 0 aliphatic carbocycles. The Hall–Kier alpha value is -2.46. The molecule has 10 heteroatoms. The maximum Gasteiger partial charge on any atom is 0.246 e. The number of carbonyl (C=O) groups is 1. The second-order valence-electron chi connectivity index (χ2n) is 5.27. The van der Waals surface area contributed by atoms with Crippen LogP contribution in [0.25, 0.3) is 10.9 Å². The molecule has 0 spiro atoms. The van der Waals surface area contributed by atoms with Gasteiger partial charge < -0.3 is 4.57 Å². The Morgan fingerprint density at radius 3 is 2.71 bits per heavy atom. The number of para-hydroxylation sites is 1. The van der Waals surface area contributed by atoms with Crippen LogP contribution in [0.3, 0.4) is 0 Å². The van der Waals surface area contributed by atoms with Crippen molar-refractivity contribution >= 4 is 48.4 Å². The van der Waals surface area contributed by atoms with E-state index in [0.717, 1.165) is 34.2 Å². The third kappa shape index (κ3) is 3.71. The van der Waals surface area contributed by atoms with Crippen molar-refractivity contribution in [2.24, 2.45) is 0 Å². The summed E-state index contributed by atoms with van der Waals surface area (Å²) in [5, 5.41) is 11.5. The van der Waals surface area contributed by atoms with Gasteiger partial charge >= 0.3 is 0 Å². The minimum atomic E-state index is -3.42. The lowest BCUT2D eigenvalue weighted by atomic mass is 10.2. The molecule has 24 heavy (non-hydrogen) atoms. The van der Waals surface area contributed by atoms with Gasteiger partial charge in [-0.3, -0.25) is 14.8 Å². The topological polar surface area (TPSA) is 106 Å². The largest absolute Gasteiger partial charge is 0.335 e. The number of fused-ring (bicyclic) bond motifs is 1. The molecule has 0 fully saturated rings. The number of hydrogen-bond acceptors (Lipinski definition) is 6. The lowest BCUT2D eigenvalue weighted by molar-refractivity contribution is -0.116. The zero-order chi connectivity index (χ0) is 17.3. The first-order valence-corrected chi connectivity index (χ1v) is 9.68. The minimum Gasteiger partial charge on any atom is -0.335 e. The molecule has 3 rings (SSSR count). The summed E-state index contributed by atoms with van der Waals surface area (Å²) in [5.41, 5.74) is 1.95. The number of aromatic nitrogens is 3. The maximum atomic E-state index is 12.2. The summed E-state index contributed by atoms with van der Waals surface area (Å²) in [6.07, 6.45) is 1.02. The average molecular weight is 365 g/mol. The van der Waals surface area contributed by atoms with Gasteiger partial charge in [0.2, 0.25) is 26.2 Å². The fraction of sp³-hybridized carbons (Fsp3) is 0.214. The van der Waals surface area contributed by atoms with Gasteiger partial charge in [-0.25, -0.2) is 8.42 Å². The van der Waals surface area contributed by atoms with E-state index in [1.165, 1.54) is 0 Å². The molecule has 0 aliphatic heterocycles. The number of nitrogens with zero attached hydrogens (tertiary/aromatic N) is 3. The smallest absolute Gasteiger partial charge is 0.246 e. The van der Waals surface area contributed by atoms with Crippen LogP contribution >= 0.6 is 11.3 Å². The maximum absolute atomic E-state index is 12.2. The standard InChI is InChI=1S/C14H15N5O3S2/c1-9-7-10-5-3-4-6-11(10)19(9)8-12(20)15-13-16-17-14(23-13)18-24(2,21)22/h3-7H,8H2,1-2H3,(H,17,18)(H,15,16,20). The number of nitrogens with one attached hydrogen (secondary N) is 2. The summed E-state index contributed by atoms with van der Waals surface area (Å²) in [4.78, 5) is 12.2. The summed E-state index contributed by atoms with van der Waals surface area (Å²) in [5.74, 6) is -0.262. The molecular formula is C14H15N5O3S2. The first kappa shape index (κ1) is 16.4. The lowest BCUT2D eigenvalue weighted by Crippen LogP contribution is -2.19. The SMILES string of the molecule is Cc1cc2ccccc2n1CC(=O)Nc1nnc(NS(C)(=O)=O)s1. The van der Waals surface area contributed by atoms with E-state index in [1.54, 1.807) is 0 Å². The number of hydrogen-bond donors (Lipinski definition) is 2. The molecule has 0 atom stereocenters. The molecule has 8 nitrogen and oxygen atoms in total. The average Bonchev–Trinajstić information content (AvgIpc) is 3.02. The highest BCUT2D eigenvalue weighted by Crippen LogP contribution is 2.22. The van der Waals surface area contributed by atoms with Crippen LogP contribution in [-0.2, 0) is 21.4 Å². The molecule has 2 N–H and O–H groups in total.